The van der Waals surface area contributed by atoms with Crippen molar-refractivity contribution in [1.82, 2.24) is 19.8 Å². The van der Waals surface area contributed by atoms with E-state index in [-0.39, 0.29) is 10.9 Å². The number of nitrogens with zero attached hydrogens (tertiary/aromatic N) is 2. The van der Waals surface area contributed by atoms with Crippen molar-refractivity contribution in [3.8, 4) is 0 Å². The first-order chi connectivity index (χ1) is 8.97. The minimum atomic E-state index is -3.37. The van der Waals surface area contributed by atoms with E-state index in [0.29, 0.717) is 6.04 Å². The molecule has 0 radical (unpaired) electrons. The van der Waals surface area contributed by atoms with Gasteiger partial charge >= 0.3 is 0 Å². The molecule has 0 spiro atoms. The topological polar surface area (TPSA) is 76.0 Å². The average Bonchev–Trinajstić information content (AvgIpc) is 2.98. The highest BCUT2D eigenvalue weighted by atomic mass is 32.2. The van der Waals surface area contributed by atoms with Crippen LogP contribution in [0.15, 0.2) is 17.3 Å². The molecule has 0 amide bonds. The second kappa shape index (κ2) is 6.02. The zero-order chi connectivity index (χ0) is 13.9. The smallest absolute Gasteiger partial charge is 0.243 e. The Morgan fingerprint density at radius 3 is 2.84 bits per heavy atom. The van der Waals surface area contributed by atoms with E-state index in [1.54, 1.807) is 10.9 Å². The normalized spacial score (nSPS) is 16.2. The Morgan fingerprint density at radius 2 is 2.21 bits per heavy atom. The van der Waals surface area contributed by atoms with Crippen LogP contribution in [0.4, 0.5) is 0 Å². The Morgan fingerprint density at radius 1 is 1.47 bits per heavy atom. The summed E-state index contributed by atoms with van der Waals surface area (Å²) in [5.41, 5.74) is 0. The molecule has 1 fully saturated rings. The molecule has 108 valence electrons. The fraction of sp³-hybridized carbons (Fsp3) is 0.750. The van der Waals surface area contributed by atoms with E-state index < -0.39 is 10.0 Å². The SMILES string of the molecule is CC(C)NCCCn1cc(S(=O)(=O)NC2CC2)cn1. The molecule has 1 aromatic heterocycles. The number of nitrogens with one attached hydrogen (secondary N) is 2. The lowest BCUT2D eigenvalue weighted by molar-refractivity contribution is 0.513. The van der Waals surface area contributed by atoms with E-state index in [1.165, 1.54) is 6.20 Å². The van der Waals surface area contributed by atoms with Crippen LogP contribution >= 0.6 is 0 Å². The van der Waals surface area contributed by atoms with Gasteiger partial charge in [0.1, 0.15) is 4.90 Å². The Bertz CT molecular complexity index is 506. The van der Waals surface area contributed by atoms with Gasteiger partial charge in [-0.25, -0.2) is 13.1 Å². The Hall–Kier alpha value is -0.920. The minimum Gasteiger partial charge on any atom is -0.314 e. The third-order valence-electron chi connectivity index (χ3n) is 2.94. The summed E-state index contributed by atoms with van der Waals surface area (Å²) < 4.78 is 28.2. The summed E-state index contributed by atoms with van der Waals surface area (Å²) in [6.45, 7) is 5.82. The summed E-state index contributed by atoms with van der Waals surface area (Å²) in [6.07, 6.45) is 5.82. The second-order valence-corrected chi connectivity index (χ2v) is 7.01. The Balaban J connectivity index is 1.84. The van der Waals surface area contributed by atoms with Crippen molar-refractivity contribution in [2.45, 2.75) is 56.6 Å². The second-order valence-electron chi connectivity index (χ2n) is 5.30. The molecule has 0 aliphatic heterocycles. The van der Waals surface area contributed by atoms with Gasteiger partial charge in [0.25, 0.3) is 0 Å². The van der Waals surface area contributed by atoms with Gasteiger partial charge in [0.05, 0.1) is 6.20 Å². The first-order valence-corrected chi connectivity index (χ1v) is 8.24. The quantitative estimate of drug-likeness (QED) is 0.690. The maximum absolute atomic E-state index is 11.9. The van der Waals surface area contributed by atoms with Crippen LogP contribution in [0.5, 0.6) is 0 Å². The van der Waals surface area contributed by atoms with Gasteiger partial charge in [0.15, 0.2) is 0 Å². The summed E-state index contributed by atoms with van der Waals surface area (Å²) >= 11 is 0. The highest BCUT2D eigenvalue weighted by Gasteiger charge is 2.28. The van der Waals surface area contributed by atoms with Crippen LogP contribution in [-0.2, 0) is 16.6 Å². The molecule has 0 atom stereocenters. The van der Waals surface area contributed by atoms with Crippen LogP contribution in [0.25, 0.3) is 0 Å². The zero-order valence-corrected chi connectivity index (χ0v) is 12.3. The highest BCUT2D eigenvalue weighted by Crippen LogP contribution is 2.21. The monoisotopic (exact) mass is 286 g/mol. The first kappa shape index (κ1) is 14.5. The number of aryl methyl sites for hydroxylation is 1. The lowest BCUT2D eigenvalue weighted by Crippen LogP contribution is -2.25. The minimum absolute atomic E-state index is 0.128. The van der Waals surface area contributed by atoms with E-state index in [1.807, 2.05) is 0 Å². The average molecular weight is 286 g/mol. The van der Waals surface area contributed by atoms with Crippen LogP contribution < -0.4 is 10.0 Å². The number of sulfonamides is 1. The van der Waals surface area contributed by atoms with E-state index >= 15 is 0 Å². The summed E-state index contributed by atoms with van der Waals surface area (Å²) in [5.74, 6) is 0. The number of aromatic nitrogens is 2. The standard InChI is InChI=1S/C12H22N4O2S/c1-10(2)13-6-3-7-16-9-12(8-14-16)19(17,18)15-11-4-5-11/h8-11,13,15H,3-7H2,1-2H3. The largest absolute Gasteiger partial charge is 0.314 e. The number of rotatable bonds is 8. The van der Waals surface area contributed by atoms with Gasteiger partial charge in [0.2, 0.25) is 10.0 Å². The van der Waals surface area contributed by atoms with Crippen LogP contribution in [-0.4, -0.2) is 36.8 Å². The van der Waals surface area contributed by atoms with Crippen LogP contribution in [0, 0.1) is 0 Å². The predicted octanol–water partition coefficient (Wildman–Crippen LogP) is 0.712. The van der Waals surface area contributed by atoms with Gasteiger partial charge < -0.3 is 5.32 Å². The molecule has 0 aromatic carbocycles. The van der Waals surface area contributed by atoms with Gasteiger partial charge in [-0.1, -0.05) is 13.8 Å². The molecular formula is C12H22N4O2S. The summed E-state index contributed by atoms with van der Waals surface area (Å²) in [5, 5.41) is 7.41. The molecule has 7 heteroatoms. The maximum Gasteiger partial charge on any atom is 0.243 e. The van der Waals surface area contributed by atoms with E-state index in [9.17, 15) is 8.42 Å². The molecular weight excluding hydrogens is 264 g/mol. The predicted molar refractivity (Wildman–Crippen MR) is 73.3 cm³/mol. The summed E-state index contributed by atoms with van der Waals surface area (Å²) in [6, 6.07) is 0.597. The molecule has 2 rings (SSSR count). The summed E-state index contributed by atoms with van der Waals surface area (Å²) in [7, 11) is -3.37. The molecule has 0 unspecified atom stereocenters. The van der Waals surface area contributed by atoms with Crippen molar-refractivity contribution in [3.63, 3.8) is 0 Å². The maximum atomic E-state index is 11.9. The molecule has 1 aliphatic carbocycles. The Kier molecular flexibility index (Phi) is 4.59. The van der Waals surface area contributed by atoms with Crippen LogP contribution in [0.1, 0.15) is 33.1 Å². The molecule has 0 saturated heterocycles. The lowest BCUT2D eigenvalue weighted by Gasteiger charge is -2.07. The molecule has 1 aliphatic rings. The molecule has 1 saturated carbocycles. The van der Waals surface area contributed by atoms with E-state index in [0.717, 1.165) is 32.4 Å². The van der Waals surface area contributed by atoms with E-state index in [2.05, 4.69) is 29.0 Å². The fourth-order valence-corrected chi connectivity index (χ4v) is 2.98. The third kappa shape index (κ3) is 4.59. The fourth-order valence-electron chi connectivity index (χ4n) is 1.73. The van der Waals surface area contributed by atoms with Gasteiger partial charge in [-0.15, -0.1) is 0 Å². The van der Waals surface area contributed by atoms with Crippen molar-refractivity contribution < 1.29 is 8.42 Å². The zero-order valence-electron chi connectivity index (χ0n) is 11.5. The van der Waals surface area contributed by atoms with Gasteiger partial charge in [-0.3, -0.25) is 4.68 Å². The number of hydrogen-bond donors (Lipinski definition) is 2. The third-order valence-corrected chi connectivity index (χ3v) is 4.41. The summed E-state index contributed by atoms with van der Waals surface area (Å²) in [4.78, 5) is 0.260. The molecule has 0 bridgehead atoms. The van der Waals surface area contributed by atoms with Crippen molar-refractivity contribution in [2.24, 2.45) is 0 Å². The highest BCUT2D eigenvalue weighted by molar-refractivity contribution is 7.89. The van der Waals surface area contributed by atoms with E-state index in [4.69, 9.17) is 0 Å². The van der Waals surface area contributed by atoms with Gasteiger partial charge in [0, 0.05) is 24.8 Å². The Labute approximate surface area is 114 Å². The van der Waals surface area contributed by atoms with Crippen molar-refractivity contribution in [2.75, 3.05) is 6.54 Å². The van der Waals surface area contributed by atoms with Crippen LogP contribution in [0.3, 0.4) is 0 Å². The van der Waals surface area contributed by atoms with Gasteiger partial charge in [-0.2, -0.15) is 5.10 Å². The number of hydrogen-bond acceptors (Lipinski definition) is 4. The molecule has 19 heavy (non-hydrogen) atoms. The van der Waals surface area contributed by atoms with Crippen molar-refractivity contribution >= 4 is 10.0 Å². The van der Waals surface area contributed by atoms with Crippen molar-refractivity contribution in [1.29, 1.82) is 0 Å². The first-order valence-electron chi connectivity index (χ1n) is 6.75. The van der Waals surface area contributed by atoms with Gasteiger partial charge in [-0.05, 0) is 25.8 Å². The lowest BCUT2D eigenvalue weighted by atomic mass is 10.3. The van der Waals surface area contributed by atoms with Crippen molar-refractivity contribution in [3.05, 3.63) is 12.4 Å². The molecule has 2 N–H and O–H groups in total. The molecule has 1 heterocycles. The molecule has 1 aromatic rings. The van der Waals surface area contributed by atoms with Crippen LogP contribution in [0.2, 0.25) is 0 Å². The molecule has 6 nitrogen and oxygen atoms in total.